The van der Waals surface area contributed by atoms with Gasteiger partial charge in [0.2, 0.25) is 0 Å². The lowest BCUT2D eigenvalue weighted by atomic mass is 10.3. The Morgan fingerprint density at radius 2 is 2.36 bits per heavy atom. The van der Waals surface area contributed by atoms with E-state index in [0.29, 0.717) is 5.82 Å². The van der Waals surface area contributed by atoms with Crippen molar-refractivity contribution >= 4 is 21.4 Å². The van der Waals surface area contributed by atoms with Gasteiger partial charge in [-0.05, 0) is 28.1 Å². The van der Waals surface area contributed by atoms with E-state index in [0.717, 1.165) is 10.1 Å². The summed E-state index contributed by atoms with van der Waals surface area (Å²) in [6, 6.07) is 5.72. The van der Waals surface area contributed by atoms with Crippen molar-refractivity contribution in [1.29, 1.82) is 0 Å². The number of pyridine rings is 1. The molecule has 2 aromatic rings. The van der Waals surface area contributed by atoms with E-state index in [1.807, 2.05) is 28.8 Å². The van der Waals surface area contributed by atoms with Crippen LogP contribution in [0.4, 0.5) is 0 Å². The molecule has 0 aliphatic carbocycles. The highest BCUT2D eigenvalue weighted by molar-refractivity contribution is 9.10. The Morgan fingerprint density at radius 1 is 1.57 bits per heavy atom. The van der Waals surface area contributed by atoms with E-state index in [1.165, 1.54) is 0 Å². The SMILES string of the molecule is NCC(O)c1nc(Br)c2ccccn12. The van der Waals surface area contributed by atoms with E-state index in [-0.39, 0.29) is 6.54 Å². The van der Waals surface area contributed by atoms with Gasteiger partial charge in [-0.1, -0.05) is 6.07 Å². The topological polar surface area (TPSA) is 63.5 Å². The number of rotatable bonds is 2. The molecule has 1 unspecified atom stereocenters. The average Bonchev–Trinajstić information content (AvgIpc) is 2.56. The van der Waals surface area contributed by atoms with E-state index in [1.54, 1.807) is 0 Å². The fourth-order valence-corrected chi connectivity index (χ4v) is 1.87. The average molecular weight is 256 g/mol. The van der Waals surface area contributed by atoms with Gasteiger partial charge in [0, 0.05) is 12.7 Å². The Kier molecular flexibility index (Phi) is 2.54. The molecule has 2 rings (SSSR count). The van der Waals surface area contributed by atoms with Gasteiger partial charge in [0.15, 0.2) is 0 Å². The molecule has 0 saturated heterocycles. The first-order chi connectivity index (χ1) is 6.74. The summed E-state index contributed by atoms with van der Waals surface area (Å²) in [6.45, 7) is 0.167. The molecule has 0 amide bonds. The van der Waals surface area contributed by atoms with Crippen LogP contribution in [0, 0.1) is 0 Å². The normalized spacial score (nSPS) is 13.4. The maximum atomic E-state index is 9.61. The number of hydrogen-bond donors (Lipinski definition) is 2. The van der Waals surface area contributed by atoms with Crippen molar-refractivity contribution in [3.8, 4) is 0 Å². The maximum absolute atomic E-state index is 9.61. The Labute approximate surface area is 89.5 Å². The molecular formula is C9H10BrN3O. The molecule has 14 heavy (non-hydrogen) atoms. The van der Waals surface area contributed by atoms with Crippen molar-refractivity contribution in [2.45, 2.75) is 6.10 Å². The third kappa shape index (κ3) is 1.43. The van der Waals surface area contributed by atoms with Gasteiger partial charge in [0.05, 0.1) is 5.52 Å². The van der Waals surface area contributed by atoms with Crippen LogP contribution in [-0.2, 0) is 0 Å². The summed E-state index contributed by atoms with van der Waals surface area (Å²) < 4.78 is 2.54. The quantitative estimate of drug-likeness (QED) is 0.845. The molecule has 2 heterocycles. The first kappa shape index (κ1) is 9.64. The van der Waals surface area contributed by atoms with Crippen LogP contribution in [0.2, 0.25) is 0 Å². The molecule has 1 atom stereocenters. The minimum atomic E-state index is -0.726. The molecule has 2 aromatic heterocycles. The number of nitrogens with two attached hydrogens (primary N) is 1. The van der Waals surface area contributed by atoms with Crippen LogP contribution in [0.3, 0.4) is 0 Å². The highest BCUT2D eigenvalue weighted by Gasteiger charge is 2.14. The molecular weight excluding hydrogens is 246 g/mol. The number of imidazole rings is 1. The highest BCUT2D eigenvalue weighted by Crippen LogP contribution is 2.21. The summed E-state index contributed by atoms with van der Waals surface area (Å²) >= 11 is 3.33. The summed E-state index contributed by atoms with van der Waals surface area (Å²) in [7, 11) is 0. The number of aliphatic hydroxyl groups is 1. The zero-order chi connectivity index (χ0) is 10.1. The van der Waals surface area contributed by atoms with Crippen LogP contribution < -0.4 is 5.73 Å². The molecule has 0 aromatic carbocycles. The van der Waals surface area contributed by atoms with Gasteiger partial charge >= 0.3 is 0 Å². The minimum absolute atomic E-state index is 0.167. The first-order valence-electron chi connectivity index (χ1n) is 4.24. The van der Waals surface area contributed by atoms with Crippen molar-refractivity contribution in [3.05, 3.63) is 34.8 Å². The van der Waals surface area contributed by atoms with E-state index in [9.17, 15) is 5.11 Å². The predicted molar refractivity (Wildman–Crippen MR) is 56.9 cm³/mol. The fraction of sp³-hybridized carbons (Fsp3) is 0.222. The smallest absolute Gasteiger partial charge is 0.144 e. The molecule has 0 aliphatic rings. The minimum Gasteiger partial charge on any atom is -0.384 e. The Balaban J connectivity index is 2.66. The van der Waals surface area contributed by atoms with Gasteiger partial charge < -0.3 is 15.2 Å². The van der Waals surface area contributed by atoms with Crippen molar-refractivity contribution in [1.82, 2.24) is 9.38 Å². The van der Waals surface area contributed by atoms with Crippen LogP contribution in [0.1, 0.15) is 11.9 Å². The van der Waals surface area contributed by atoms with E-state index in [2.05, 4.69) is 20.9 Å². The molecule has 4 nitrogen and oxygen atoms in total. The second-order valence-corrected chi connectivity index (χ2v) is 3.72. The second-order valence-electron chi connectivity index (χ2n) is 2.97. The summed E-state index contributed by atoms with van der Waals surface area (Å²) in [4.78, 5) is 4.21. The third-order valence-corrected chi connectivity index (χ3v) is 2.64. The van der Waals surface area contributed by atoms with Gasteiger partial charge in [0.1, 0.15) is 16.5 Å². The van der Waals surface area contributed by atoms with Gasteiger partial charge in [-0.25, -0.2) is 4.98 Å². The van der Waals surface area contributed by atoms with Gasteiger partial charge in [-0.2, -0.15) is 0 Å². The fourth-order valence-electron chi connectivity index (χ4n) is 1.36. The molecule has 0 fully saturated rings. The van der Waals surface area contributed by atoms with Crippen molar-refractivity contribution in [2.24, 2.45) is 5.73 Å². The second kappa shape index (κ2) is 3.68. The zero-order valence-corrected chi connectivity index (χ0v) is 8.98. The number of fused-ring (bicyclic) bond motifs is 1. The molecule has 74 valence electrons. The molecule has 0 aliphatic heterocycles. The van der Waals surface area contributed by atoms with Crippen LogP contribution in [-0.4, -0.2) is 21.0 Å². The summed E-state index contributed by atoms with van der Waals surface area (Å²) in [5.74, 6) is 0.565. The van der Waals surface area contributed by atoms with Gasteiger partial charge in [-0.15, -0.1) is 0 Å². The number of aliphatic hydroxyl groups excluding tert-OH is 1. The molecule has 5 heteroatoms. The summed E-state index contributed by atoms with van der Waals surface area (Å²) in [5, 5.41) is 9.61. The van der Waals surface area contributed by atoms with Crippen LogP contribution in [0.5, 0.6) is 0 Å². The lowest BCUT2D eigenvalue weighted by molar-refractivity contribution is 0.176. The third-order valence-electron chi connectivity index (χ3n) is 2.05. The zero-order valence-electron chi connectivity index (χ0n) is 7.39. The monoisotopic (exact) mass is 255 g/mol. The Bertz CT molecular complexity index is 454. The number of halogens is 1. The van der Waals surface area contributed by atoms with E-state index >= 15 is 0 Å². The maximum Gasteiger partial charge on any atom is 0.144 e. The van der Waals surface area contributed by atoms with Crippen molar-refractivity contribution < 1.29 is 5.11 Å². The number of aromatic nitrogens is 2. The highest BCUT2D eigenvalue weighted by atomic mass is 79.9. The Morgan fingerprint density at radius 3 is 3.07 bits per heavy atom. The van der Waals surface area contributed by atoms with Crippen molar-refractivity contribution in [3.63, 3.8) is 0 Å². The summed E-state index contributed by atoms with van der Waals surface area (Å²) in [6.07, 6.45) is 1.12. The van der Waals surface area contributed by atoms with E-state index in [4.69, 9.17) is 5.73 Å². The van der Waals surface area contributed by atoms with Crippen LogP contribution in [0.15, 0.2) is 29.0 Å². The first-order valence-corrected chi connectivity index (χ1v) is 5.04. The summed E-state index contributed by atoms with van der Waals surface area (Å²) in [5.41, 5.74) is 6.31. The standard InChI is InChI=1S/C9H10BrN3O/c10-8-6-3-1-2-4-13(6)9(12-8)7(14)5-11/h1-4,7,14H,5,11H2. The lowest BCUT2D eigenvalue weighted by Crippen LogP contribution is -2.14. The van der Waals surface area contributed by atoms with Crippen molar-refractivity contribution in [2.75, 3.05) is 6.54 Å². The molecule has 3 N–H and O–H groups in total. The van der Waals surface area contributed by atoms with Gasteiger partial charge in [-0.3, -0.25) is 0 Å². The molecule has 0 bridgehead atoms. The Hall–Kier alpha value is -0.910. The largest absolute Gasteiger partial charge is 0.384 e. The van der Waals surface area contributed by atoms with Gasteiger partial charge in [0.25, 0.3) is 0 Å². The predicted octanol–water partition coefficient (Wildman–Crippen LogP) is 1.09. The number of nitrogens with zero attached hydrogens (tertiary/aromatic N) is 2. The van der Waals surface area contributed by atoms with E-state index < -0.39 is 6.10 Å². The van der Waals surface area contributed by atoms with Crippen LogP contribution in [0.25, 0.3) is 5.52 Å². The molecule has 0 radical (unpaired) electrons. The molecule has 0 spiro atoms. The van der Waals surface area contributed by atoms with Crippen LogP contribution >= 0.6 is 15.9 Å². The lowest BCUT2D eigenvalue weighted by Gasteiger charge is -2.05. The molecule has 0 saturated carbocycles. The number of hydrogen-bond acceptors (Lipinski definition) is 3.